The average molecular weight is 421 g/mol. The predicted molar refractivity (Wildman–Crippen MR) is 121 cm³/mol. The first-order chi connectivity index (χ1) is 15.2. The number of guanidine groups is 1. The molecule has 162 valence electrons. The van der Waals surface area contributed by atoms with Crippen molar-refractivity contribution in [3.63, 3.8) is 0 Å². The molecule has 0 aliphatic heterocycles. The number of aliphatic imine (C=N–C) groups is 1. The fourth-order valence-electron chi connectivity index (χ4n) is 3.08. The van der Waals surface area contributed by atoms with Crippen molar-refractivity contribution in [3.05, 3.63) is 83.7 Å². The lowest BCUT2D eigenvalue weighted by atomic mass is 10.1. The molecule has 1 amide bonds. The maximum atomic E-state index is 12.3. The summed E-state index contributed by atoms with van der Waals surface area (Å²) < 4.78 is 7.06. The van der Waals surface area contributed by atoms with Crippen LogP contribution in [-0.2, 0) is 13.1 Å². The van der Waals surface area contributed by atoms with Crippen LogP contribution >= 0.6 is 0 Å². The summed E-state index contributed by atoms with van der Waals surface area (Å²) in [5.74, 6) is 1.18. The smallest absolute Gasteiger partial charge is 0.251 e. The highest BCUT2D eigenvalue weighted by Crippen LogP contribution is 2.12. The Hall–Kier alpha value is -3.81. The molecule has 0 atom stereocenters. The Morgan fingerprint density at radius 2 is 1.84 bits per heavy atom. The van der Waals surface area contributed by atoms with Gasteiger partial charge in [0, 0.05) is 44.6 Å². The number of carbonyl (C=O) groups excluding carboxylic acids is 1. The zero-order valence-corrected chi connectivity index (χ0v) is 17.8. The minimum Gasteiger partial charge on any atom is -0.497 e. The van der Waals surface area contributed by atoms with Gasteiger partial charge in [-0.15, -0.1) is 0 Å². The molecule has 3 aromatic rings. The first kappa shape index (κ1) is 21.9. The Morgan fingerprint density at radius 3 is 2.58 bits per heavy atom. The van der Waals surface area contributed by atoms with Crippen LogP contribution in [0.2, 0.25) is 0 Å². The normalized spacial score (nSPS) is 11.1. The van der Waals surface area contributed by atoms with Crippen molar-refractivity contribution in [3.8, 4) is 5.75 Å². The number of nitrogens with one attached hydrogen (secondary N) is 3. The van der Waals surface area contributed by atoms with Gasteiger partial charge in [-0.2, -0.15) is 5.10 Å². The van der Waals surface area contributed by atoms with E-state index >= 15 is 0 Å². The standard InChI is InChI=1S/C23H28N6O2/c1-24-23(26-13-12-25-22(30)18-9-5-10-21(15-18)31-2)27-16-19-7-3-4-8-20(19)17-29-14-6-11-28-29/h3-11,14-15H,12-13,16-17H2,1-2H3,(H,25,30)(H2,24,26,27). The molecular weight excluding hydrogens is 392 g/mol. The number of aromatic nitrogens is 2. The quantitative estimate of drug-likeness (QED) is 0.280. The van der Waals surface area contributed by atoms with Gasteiger partial charge in [0.15, 0.2) is 5.96 Å². The number of hydrogen-bond donors (Lipinski definition) is 3. The van der Waals surface area contributed by atoms with Crippen LogP contribution in [-0.4, -0.2) is 48.9 Å². The van der Waals surface area contributed by atoms with E-state index in [-0.39, 0.29) is 5.91 Å². The SMILES string of the molecule is CN=C(NCCNC(=O)c1cccc(OC)c1)NCc1ccccc1Cn1cccn1. The second-order valence-electron chi connectivity index (χ2n) is 6.81. The van der Waals surface area contributed by atoms with E-state index in [1.54, 1.807) is 44.6 Å². The summed E-state index contributed by atoms with van der Waals surface area (Å²) in [6.45, 7) is 2.36. The lowest BCUT2D eigenvalue weighted by Crippen LogP contribution is -2.41. The van der Waals surface area contributed by atoms with Crippen LogP contribution in [0, 0.1) is 0 Å². The third-order valence-corrected chi connectivity index (χ3v) is 4.71. The second-order valence-corrected chi connectivity index (χ2v) is 6.81. The molecule has 3 rings (SSSR count). The summed E-state index contributed by atoms with van der Waals surface area (Å²) in [5, 5.41) is 13.7. The molecule has 2 aromatic carbocycles. The van der Waals surface area contributed by atoms with Gasteiger partial charge in [0.05, 0.1) is 13.7 Å². The van der Waals surface area contributed by atoms with Crippen LogP contribution in [0.15, 0.2) is 72.0 Å². The van der Waals surface area contributed by atoms with Crippen molar-refractivity contribution in [2.45, 2.75) is 13.1 Å². The van der Waals surface area contributed by atoms with E-state index in [2.05, 4.69) is 38.2 Å². The largest absolute Gasteiger partial charge is 0.497 e. The number of methoxy groups -OCH3 is 1. The van der Waals surface area contributed by atoms with Crippen molar-refractivity contribution < 1.29 is 9.53 Å². The predicted octanol–water partition coefficient (Wildman–Crippen LogP) is 2.03. The third kappa shape index (κ3) is 6.60. The highest BCUT2D eigenvalue weighted by Gasteiger charge is 2.07. The van der Waals surface area contributed by atoms with Gasteiger partial charge in [-0.05, 0) is 35.4 Å². The number of nitrogens with zero attached hydrogens (tertiary/aromatic N) is 3. The molecule has 0 fully saturated rings. The van der Waals surface area contributed by atoms with Crippen LogP contribution in [0.5, 0.6) is 5.75 Å². The summed E-state index contributed by atoms with van der Waals surface area (Å²) in [6, 6.07) is 17.2. The molecule has 0 bridgehead atoms. The molecule has 0 unspecified atom stereocenters. The van der Waals surface area contributed by atoms with E-state index in [4.69, 9.17) is 4.74 Å². The van der Waals surface area contributed by atoms with Crippen LogP contribution < -0.4 is 20.7 Å². The first-order valence-electron chi connectivity index (χ1n) is 10.1. The molecule has 1 heterocycles. The average Bonchev–Trinajstić information content (AvgIpc) is 3.32. The number of rotatable bonds is 9. The van der Waals surface area contributed by atoms with E-state index in [0.717, 1.165) is 0 Å². The van der Waals surface area contributed by atoms with Gasteiger partial charge >= 0.3 is 0 Å². The van der Waals surface area contributed by atoms with Gasteiger partial charge in [-0.1, -0.05) is 30.3 Å². The number of hydrogen-bond acceptors (Lipinski definition) is 4. The maximum Gasteiger partial charge on any atom is 0.251 e. The Kier molecular flexibility index (Phi) is 8.05. The van der Waals surface area contributed by atoms with Gasteiger partial charge in [0.25, 0.3) is 5.91 Å². The van der Waals surface area contributed by atoms with E-state index in [1.807, 2.05) is 29.1 Å². The van der Waals surface area contributed by atoms with Crippen LogP contribution in [0.25, 0.3) is 0 Å². The van der Waals surface area contributed by atoms with Crippen LogP contribution in [0.4, 0.5) is 0 Å². The van der Waals surface area contributed by atoms with Gasteiger partial charge in [0.2, 0.25) is 0 Å². The molecule has 0 aliphatic carbocycles. The van der Waals surface area contributed by atoms with E-state index in [1.165, 1.54) is 11.1 Å². The van der Waals surface area contributed by atoms with Crippen molar-refractivity contribution in [2.75, 3.05) is 27.2 Å². The number of amides is 1. The molecule has 0 saturated carbocycles. The molecule has 0 aliphatic rings. The zero-order chi connectivity index (χ0) is 21.9. The van der Waals surface area contributed by atoms with Gasteiger partial charge in [-0.25, -0.2) is 0 Å². The van der Waals surface area contributed by atoms with Gasteiger partial charge in [0.1, 0.15) is 5.75 Å². The third-order valence-electron chi connectivity index (χ3n) is 4.71. The summed E-state index contributed by atoms with van der Waals surface area (Å²) in [5.41, 5.74) is 2.93. The fourth-order valence-corrected chi connectivity index (χ4v) is 3.08. The fraction of sp³-hybridized carbons (Fsp3) is 0.261. The van der Waals surface area contributed by atoms with Crippen LogP contribution in [0.1, 0.15) is 21.5 Å². The van der Waals surface area contributed by atoms with Crippen molar-refractivity contribution >= 4 is 11.9 Å². The second kappa shape index (κ2) is 11.4. The molecular formula is C23H28N6O2. The summed E-state index contributed by atoms with van der Waals surface area (Å²) in [4.78, 5) is 16.5. The molecule has 1 aromatic heterocycles. The minimum absolute atomic E-state index is 0.142. The molecule has 8 nitrogen and oxygen atoms in total. The van der Waals surface area contributed by atoms with Crippen molar-refractivity contribution in [1.29, 1.82) is 0 Å². The van der Waals surface area contributed by atoms with E-state index < -0.39 is 0 Å². The Balaban J connectivity index is 1.44. The van der Waals surface area contributed by atoms with E-state index in [0.29, 0.717) is 43.5 Å². The monoisotopic (exact) mass is 420 g/mol. The summed E-state index contributed by atoms with van der Waals surface area (Å²) in [7, 11) is 3.30. The first-order valence-corrected chi connectivity index (χ1v) is 10.1. The molecule has 31 heavy (non-hydrogen) atoms. The van der Waals surface area contributed by atoms with Crippen LogP contribution in [0.3, 0.4) is 0 Å². The number of ether oxygens (including phenoxy) is 1. The molecule has 3 N–H and O–H groups in total. The molecule has 0 spiro atoms. The number of benzene rings is 2. The van der Waals surface area contributed by atoms with Gasteiger partial charge in [-0.3, -0.25) is 14.5 Å². The highest BCUT2D eigenvalue weighted by atomic mass is 16.5. The van der Waals surface area contributed by atoms with Crippen molar-refractivity contribution in [2.24, 2.45) is 4.99 Å². The Bertz CT molecular complexity index is 1000. The van der Waals surface area contributed by atoms with Crippen molar-refractivity contribution in [1.82, 2.24) is 25.7 Å². The lowest BCUT2D eigenvalue weighted by molar-refractivity contribution is 0.0954. The number of carbonyl (C=O) groups is 1. The lowest BCUT2D eigenvalue weighted by Gasteiger charge is -2.15. The summed E-state index contributed by atoms with van der Waals surface area (Å²) >= 11 is 0. The molecule has 8 heteroatoms. The molecule has 0 radical (unpaired) electrons. The zero-order valence-electron chi connectivity index (χ0n) is 17.8. The Labute approximate surface area is 182 Å². The highest BCUT2D eigenvalue weighted by molar-refractivity contribution is 5.94. The molecule has 0 saturated heterocycles. The topological polar surface area (TPSA) is 92.6 Å². The minimum atomic E-state index is -0.142. The van der Waals surface area contributed by atoms with E-state index in [9.17, 15) is 4.79 Å². The Morgan fingerprint density at radius 1 is 1.03 bits per heavy atom. The summed E-state index contributed by atoms with van der Waals surface area (Å²) in [6.07, 6.45) is 3.73. The van der Waals surface area contributed by atoms with Gasteiger partial charge < -0.3 is 20.7 Å². The maximum absolute atomic E-state index is 12.3.